The van der Waals surface area contributed by atoms with Gasteiger partial charge in [0.25, 0.3) is 0 Å². The molecule has 0 aliphatic heterocycles. The molecule has 5 nitrogen and oxygen atoms in total. The Morgan fingerprint density at radius 3 is 2.66 bits per heavy atom. The van der Waals surface area contributed by atoms with Crippen LogP contribution in [-0.2, 0) is 14.3 Å². The molecule has 0 unspecified atom stereocenters. The van der Waals surface area contributed by atoms with Gasteiger partial charge in [-0.15, -0.1) is 0 Å². The van der Waals surface area contributed by atoms with Gasteiger partial charge < -0.3 is 14.9 Å². The van der Waals surface area contributed by atoms with Gasteiger partial charge in [-0.1, -0.05) is 57.9 Å². The van der Waals surface area contributed by atoms with Crippen molar-refractivity contribution in [2.75, 3.05) is 6.61 Å². The lowest BCUT2D eigenvalue weighted by Gasteiger charge is -2.29. The van der Waals surface area contributed by atoms with Gasteiger partial charge in [0.15, 0.2) is 0 Å². The van der Waals surface area contributed by atoms with Crippen LogP contribution in [0.5, 0.6) is 0 Å². The fraction of sp³-hybridized carbons (Fsp3) is 0.750. The van der Waals surface area contributed by atoms with Crippen molar-refractivity contribution in [2.45, 2.75) is 91.3 Å². The number of hydrogen-bond donors (Lipinski definition) is 2. The standard InChI is InChI=1S/C24H40O5/c1-5-6-15-24(3,4)23(28)14-13-20-19(21(26)17-22(20)27)12-10-8-7-9-11-16-29-18(2)25/h8,10,13-14,19-20,22-23,27-28H,5-7,9,11-12,15-17H2,1-4H3/b10-8-,14-13+/t19-,20-,22-,23-/m1/s1. The van der Waals surface area contributed by atoms with Gasteiger partial charge in [0, 0.05) is 25.2 Å². The van der Waals surface area contributed by atoms with E-state index in [1.165, 1.54) is 6.92 Å². The lowest BCUT2D eigenvalue weighted by molar-refractivity contribution is -0.141. The van der Waals surface area contributed by atoms with Crippen LogP contribution in [0.4, 0.5) is 0 Å². The maximum Gasteiger partial charge on any atom is 0.302 e. The summed E-state index contributed by atoms with van der Waals surface area (Å²) in [6.07, 6.45) is 12.9. The molecule has 5 heteroatoms. The van der Waals surface area contributed by atoms with Crippen LogP contribution in [0.25, 0.3) is 0 Å². The zero-order valence-corrected chi connectivity index (χ0v) is 18.6. The van der Waals surface area contributed by atoms with Crippen LogP contribution in [0.1, 0.15) is 79.1 Å². The van der Waals surface area contributed by atoms with E-state index in [4.69, 9.17) is 4.74 Å². The minimum Gasteiger partial charge on any atom is -0.466 e. The molecule has 0 radical (unpaired) electrons. The Balaban J connectivity index is 2.53. The molecule has 1 aliphatic carbocycles. The summed E-state index contributed by atoms with van der Waals surface area (Å²) in [4.78, 5) is 23.0. The van der Waals surface area contributed by atoms with Crippen LogP contribution in [-0.4, -0.2) is 40.8 Å². The smallest absolute Gasteiger partial charge is 0.302 e. The summed E-state index contributed by atoms with van der Waals surface area (Å²) in [5.74, 6) is -0.638. The van der Waals surface area contributed by atoms with Crippen LogP contribution >= 0.6 is 0 Å². The predicted molar refractivity (Wildman–Crippen MR) is 115 cm³/mol. The number of unbranched alkanes of at least 4 members (excludes halogenated alkanes) is 3. The number of ketones is 1. The molecular weight excluding hydrogens is 368 g/mol. The third-order valence-electron chi connectivity index (χ3n) is 5.85. The number of carbonyl (C=O) groups is 2. The molecule has 2 N–H and O–H groups in total. The molecule has 1 saturated carbocycles. The van der Waals surface area contributed by atoms with Crippen LogP contribution in [0, 0.1) is 17.3 Å². The van der Waals surface area contributed by atoms with E-state index in [1.807, 2.05) is 12.2 Å². The largest absolute Gasteiger partial charge is 0.466 e. The third-order valence-corrected chi connectivity index (χ3v) is 5.85. The van der Waals surface area contributed by atoms with Gasteiger partial charge in [-0.05, 0) is 37.5 Å². The van der Waals surface area contributed by atoms with Crippen LogP contribution in [0.15, 0.2) is 24.3 Å². The van der Waals surface area contributed by atoms with E-state index in [9.17, 15) is 19.8 Å². The summed E-state index contributed by atoms with van der Waals surface area (Å²) in [6, 6.07) is 0. The van der Waals surface area contributed by atoms with Crippen molar-refractivity contribution >= 4 is 11.8 Å². The monoisotopic (exact) mass is 408 g/mol. The highest BCUT2D eigenvalue weighted by Gasteiger charge is 2.39. The quantitative estimate of drug-likeness (QED) is 0.269. The minimum atomic E-state index is -0.674. The van der Waals surface area contributed by atoms with Gasteiger partial charge >= 0.3 is 5.97 Å². The molecule has 0 heterocycles. The van der Waals surface area contributed by atoms with E-state index in [2.05, 4.69) is 26.8 Å². The summed E-state index contributed by atoms with van der Waals surface area (Å²) < 4.78 is 4.90. The second-order valence-electron chi connectivity index (χ2n) is 8.89. The Bertz CT molecular complexity index is 564. The number of rotatable bonds is 13. The molecule has 0 bridgehead atoms. The number of hydrogen-bond acceptors (Lipinski definition) is 5. The molecular formula is C24H40O5. The highest BCUT2D eigenvalue weighted by molar-refractivity contribution is 5.84. The number of esters is 1. The Hall–Kier alpha value is -1.46. The zero-order valence-electron chi connectivity index (χ0n) is 18.6. The first-order valence-electron chi connectivity index (χ1n) is 11.0. The molecule has 0 saturated heterocycles. The summed E-state index contributed by atoms with van der Waals surface area (Å²) >= 11 is 0. The van der Waals surface area contributed by atoms with Crippen LogP contribution in [0.2, 0.25) is 0 Å². The average molecular weight is 409 g/mol. The van der Waals surface area contributed by atoms with Crippen molar-refractivity contribution in [1.82, 2.24) is 0 Å². The topological polar surface area (TPSA) is 83.8 Å². The predicted octanol–water partition coefficient (Wildman–Crippen LogP) is 4.37. The van der Waals surface area contributed by atoms with E-state index < -0.39 is 12.2 Å². The van der Waals surface area contributed by atoms with Gasteiger partial charge in [0.2, 0.25) is 0 Å². The fourth-order valence-electron chi connectivity index (χ4n) is 3.74. The lowest BCUT2D eigenvalue weighted by Crippen LogP contribution is -2.28. The van der Waals surface area contributed by atoms with Gasteiger partial charge in [0.1, 0.15) is 5.78 Å². The molecule has 0 aromatic heterocycles. The van der Waals surface area contributed by atoms with Crippen LogP contribution in [0.3, 0.4) is 0 Å². The maximum atomic E-state index is 12.3. The second-order valence-corrected chi connectivity index (χ2v) is 8.89. The highest BCUT2D eigenvalue weighted by atomic mass is 16.5. The number of carbonyl (C=O) groups excluding carboxylic acids is 2. The van der Waals surface area contributed by atoms with E-state index in [0.717, 1.165) is 38.5 Å². The molecule has 0 aromatic rings. The average Bonchev–Trinajstić information content (AvgIpc) is 2.92. The second kappa shape index (κ2) is 13.0. The number of allylic oxidation sites excluding steroid dienone is 2. The van der Waals surface area contributed by atoms with Gasteiger partial charge in [-0.2, -0.15) is 0 Å². The number of aliphatic hydroxyl groups excluding tert-OH is 2. The van der Waals surface area contributed by atoms with Gasteiger partial charge in [0.05, 0.1) is 18.8 Å². The molecule has 166 valence electrons. The first-order valence-corrected chi connectivity index (χ1v) is 11.0. The van der Waals surface area contributed by atoms with Gasteiger partial charge in [-0.3, -0.25) is 9.59 Å². The first kappa shape index (κ1) is 25.6. The Morgan fingerprint density at radius 2 is 2.00 bits per heavy atom. The zero-order chi connectivity index (χ0) is 21.9. The summed E-state index contributed by atoms with van der Waals surface area (Å²) in [5, 5.41) is 20.9. The Labute approximate surface area is 176 Å². The minimum absolute atomic E-state index is 0.0893. The normalized spacial score (nSPS) is 23.9. The first-order chi connectivity index (χ1) is 13.7. The van der Waals surface area contributed by atoms with Crippen molar-refractivity contribution in [1.29, 1.82) is 0 Å². The van der Waals surface area contributed by atoms with E-state index >= 15 is 0 Å². The molecule has 1 rings (SSSR count). The fourth-order valence-corrected chi connectivity index (χ4v) is 3.74. The summed E-state index contributed by atoms with van der Waals surface area (Å²) in [6.45, 7) is 8.09. The molecule has 29 heavy (non-hydrogen) atoms. The Morgan fingerprint density at radius 1 is 1.28 bits per heavy atom. The van der Waals surface area contributed by atoms with Crippen molar-refractivity contribution in [3.05, 3.63) is 24.3 Å². The van der Waals surface area contributed by atoms with E-state index in [0.29, 0.717) is 13.0 Å². The van der Waals surface area contributed by atoms with Crippen molar-refractivity contribution in [3.63, 3.8) is 0 Å². The molecule has 1 fully saturated rings. The lowest BCUT2D eigenvalue weighted by atomic mass is 9.80. The van der Waals surface area contributed by atoms with Crippen molar-refractivity contribution in [2.24, 2.45) is 17.3 Å². The third kappa shape index (κ3) is 9.26. The molecule has 0 amide bonds. The highest BCUT2D eigenvalue weighted by Crippen LogP contribution is 2.35. The van der Waals surface area contributed by atoms with Crippen LogP contribution < -0.4 is 0 Å². The maximum absolute atomic E-state index is 12.3. The number of aliphatic hydroxyl groups is 2. The van der Waals surface area contributed by atoms with Gasteiger partial charge in [-0.25, -0.2) is 0 Å². The van der Waals surface area contributed by atoms with E-state index in [1.54, 1.807) is 6.08 Å². The Kier molecular flexibility index (Phi) is 11.4. The molecule has 0 aromatic carbocycles. The molecule has 4 atom stereocenters. The van der Waals surface area contributed by atoms with Crippen molar-refractivity contribution < 1.29 is 24.5 Å². The van der Waals surface area contributed by atoms with Crippen molar-refractivity contribution in [3.8, 4) is 0 Å². The summed E-state index contributed by atoms with van der Waals surface area (Å²) in [7, 11) is 0. The number of Topliss-reactive ketones (excluding diaryl/α,β-unsaturated/α-hetero) is 1. The molecule has 0 spiro atoms. The summed E-state index contributed by atoms with van der Waals surface area (Å²) in [5.41, 5.74) is -0.221. The number of ether oxygens (including phenoxy) is 1. The SMILES string of the molecule is CCCCC(C)(C)[C@H](O)/C=C/[C@H]1[C@H](O)CC(=O)[C@@H]1C/C=C\CCCCOC(C)=O. The van der Waals surface area contributed by atoms with E-state index in [-0.39, 0.29) is 35.4 Å². The molecule has 1 aliphatic rings.